The molecule has 0 spiro atoms. The van der Waals surface area contributed by atoms with Crippen LogP contribution >= 0.6 is 0 Å². The third-order valence-corrected chi connectivity index (χ3v) is 2.74. The third-order valence-electron chi connectivity index (χ3n) is 2.74. The summed E-state index contributed by atoms with van der Waals surface area (Å²) in [6, 6.07) is 0.105. The van der Waals surface area contributed by atoms with Crippen molar-refractivity contribution >= 4 is 11.9 Å². The van der Waals surface area contributed by atoms with Crippen LogP contribution in [-0.2, 0) is 9.59 Å². The molecule has 2 unspecified atom stereocenters. The number of carboxylic acid groups (broad SMARTS) is 1. The summed E-state index contributed by atoms with van der Waals surface area (Å²) < 4.78 is 0. The van der Waals surface area contributed by atoms with Crippen molar-refractivity contribution in [3.63, 3.8) is 0 Å². The first-order valence-corrected chi connectivity index (χ1v) is 5.26. The highest BCUT2D eigenvalue weighted by Crippen LogP contribution is 2.17. The number of carboxylic acids is 1. The van der Waals surface area contributed by atoms with E-state index in [1.165, 1.54) is 6.92 Å². The molecule has 0 aliphatic carbocycles. The number of rotatable bonds is 3. The SMILES string of the molecule is CCNC1CC(C(=O)O)CN(C(C)=O)C1. The average Bonchev–Trinajstić information content (AvgIpc) is 2.17. The number of hydrogen-bond acceptors (Lipinski definition) is 3. The van der Waals surface area contributed by atoms with E-state index in [0.717, 1.165) is 6.54 Å². The zero-order valence-corrected chi connectivity index (χ0v) is 9.19. The molecule has 1 heterocycles. The first-order valence-electron chi connectivity index (χ1n) is 5.26. The quantitative estimate of drug-likeness (QED) is 0.689. The lowest BCUT2D eigenvalue weighted by Gasteiger charge is -2.35. The highest BCUT2D eigenvalue weighted by molar-refractivity contribution is 5.76. The zero-order chi connectivity index (χ0) is 11.4. The van der Waals surface area contributed by atoms with E-state index in [-0.39, 0.29) is 11.9 Å². The van der Waals surface area contributed by atoms with Gasteiger partial charge in [-0.05, 0) is 13.0 Å². The summed E-state index contributed by atoms with van der Waals surface area (Å²) in [6.07, 6.45) is 0.604. The molecule has 1 saturated heterocycles. The topological polar surface area (TPSA) is 69.6 Å². The number of nitrogens with zero attached hydrogens (tertiary/aromatic N) is 1. The maximum atomic E-state index is 11.2. The molecule has 0 aromatic carbocycles. The number of likely N-dealkylation sites (N-methyl/N-ethyl adjacent to an activating group) is 1. The van der Waals surface area contributed by atoms with Gasteiger partial charge in [0.15, 0.2) is 0 Å². The van der Waals surface area contributed by atoms with Crippen molar-refractivity contribution in [3.05, 3.63) is 0 Å². The standard InChI is InChI=1S/C10H18N2O3/c1-3-11-9-4-8(10(14)15)5-12(6-9)7(2)13/h8-9,11H,3-6H2,1-2H3,(H,14,15). The molecular weight excluding hydrogens is 196 g/mol. The van der Waals surface area contributed by atoms with Gasteiger partial charge in [-0.3, -0.25) is 9.59 Å². The number of amides is 1. The second-order valence-electron chi connectivity index (χ2n) is 3.95. The summed E-state index contributed by atoms with van der Waals surface area (Å²) in [4.78, 5) is 23.7. The van der Waals surface area contributed by atoms with E-state index in [9.17, 15) is 9.59 Å². The molecule has 0 aromatic heterocycles. The van der Waals surface area contributed by atoms with Crippen LogP contribution in [0.3, 0.4) is 0 Å². The zero-order valence-electron chi connectivity index (χ0n) is 9.19. The van der Waals surface area contributed by atoms with Crippen molar-refractivity contribution in [2.75, 3.05) is 19.6 Å². The van der Waals surface area contributed by atoms with Crippen LogP contribution in [-0.4, -0.2) is 47.6 Å². The number of carbonyl (C=O) groups excluding carboxylic acids is 1. The molecule has 5 nitrogen and oxygen atoms in total. The largest absolute Gasteiger partial charge is 0.481 e. The van der Waals surface area contributed by atoms with E-state index in [2.05, 4.69) is 5.32 Å². The molecule has 0 radical (unpaired) electrons. The smallest absolute Gasteiger partial charge is 0.308 e. The maximum absolute atomic E-state index is 11.2. The van der Waals surface area contributed by atoms with Crippen molar-refractivity contribution in [2.45, 2.75) is 26.3 Å². The number of aliphatic carboxylic acids is 1. The summed E-state index contributed by atoms with van der Waals surface area (Å²) in [7, 11) is 0. The van der Waals surface area contributed by atoms with E-state index in [0.29, 0.717) is 19.5 Å². The van der Waals surface area contributed by atoms with Crippen LogP contribution in [0.4, 0.5) is 0 Å². The molecule has 15 heavy (non-hydrogen) atoms. The number of hydrogen-bond donors (Lipinski definition) is 2. The monoisotopic (exact) mass is 214 g/mol. The highest BCUT2D eigenvalue weighted by atomic mass is 16.4. The van der Waals surface area contributed by atoms with Gasteiger partial charge in [-0.25, -0.2) is 0 Å². The van der Waals surface area contributed by atoms with Crippen molar-refractivity contribution in [2.24, 2.45) is 5.92 Å². The van der Waals surface area contributed by atoms with Gasteiger partial charge in [0.05, 0.1) is 5.92 Å². The van der Waals surface area contributed by atoms with Crippen molar-refractivity contribution < 1.29 is 14.7 Å². The maximum Gasteiger partial charge on any atom is 0.308 e. The molecule has 1 aliphatic heterocycles. The van der Waals surface area contributed by atoms with Gasteiger partial charge in [-0.1, -0.05) is 6.92 Å². The van der Waals surface area contributed by atoms with Gasteiger partial charge in [0, 0.05) is 26.1 Å². The summed E-state index contributed by atoms with van der Waals surface area (Å²) in [6.45, 7) is 5.21. The molecule has 0 saturated carbocycles. The average molecular weight is 214 g/mol. The van der Waals surface area contributed by atoms with E-state index in [1.54, 1.807) is 4.90 Å². The van der Waals surface area contributed by atoms with Crippen molar-refractivity contribution in [1.82, 2.24) is 10.2 Å². The van der Waals surface area contributed by atoms with Crippen LogP contribution in [0.25, 0.3) is 0 Å². The van der Waals surface area contributed by atoms with Gasteiger partial charge in [0.25, 0.3) is 0 Å². The summed E-state index contributed by atoms with van der Waals surface area (Å²) in [5, 5.41) is 12.2. The Morgan fingerprint density at radius 1 is 1.47 bits per heavy atom. The van der Waals surface area contributed by atoms with Gasteiger partial charge in [-0.15, -0.1) is 0 Å². The van der Waals surface area contributed by atoms with Gasteiger partial charge >= 0.3 is 5.97 Å². The molecule has 2 N–H and O–H groups in total. The predicted molar refractivity (Wildman–Crippen MR) is 55.5 cm³/mol. The molecule has 0 bridgehead atoms. The Labute approximate surface area is 89.4 Å². The number of piperidine rings is 1. The molecular formula is C10H18N2O3. The van der Waals surface area contributed by atoms with Crippen molar-refractivity contribution in [3.8, 4) is 0 Å². The van der Waals surface area contributed by atoms with Gasteiger partial charge in [-0.2, -0.15) is 0 Å². The fourth-order valence-electron chi connectivity index (χ4n) is 1.97. The Kier molecular flexibility index (Phi) is 4.08. The highest BCUT2D eigenvalue weighted by Gasteiger charge is 2.32. The van der Waals surface area contributed by atoms with Gasteiger partial charge in [0.2, 0.25) is 5.91 Å². The lowest BCUT2D eigenvalue weighted by molar-refractivity contribution is -0.145. The number of likely N-dealkylation sites (tertiary alicyclic amines) is 1. The normalized spacial score (nSPS) is 26.4. The molecule has 1 aliphatic rings. The second-order valence-corrected chi connectivity index (χ2v) is 3.95. The van der Waals surface area contributed by atoms with Gasteiger partial charge in [0.1, 0.15) is 0 Å². The van der Waals surface area contributed by atoms with Crippen molar-refractivity contribution in [1.29, 1.82) is 0 Å². The first kappa shape index (κ1) is 12.0. The van der Waals surface area contributed by atoms with Crippen LogP contribution in [0, 0.1) is 5.92 Å². The lowest BCUT2D eigenvalue weighted by atomic mass is 9.94. The van der Waals surface area contributed by atoms with E-state index < -0.39 is 11.9 Å². The molecule has 1 rings (SSSR count). The predicted octanol–water partition coefficient (Wildman–Crippen LogP) is -0.0825. The Bertz CT molecular complexity index is 233. The second kappa shape index (κ2) is 5.11. The van der Waals surface area contributed by atoms with E-state index in [1.807, 2.05) is 6.92 Å². The lowest BCUT2D eigenvalue weighted by Crippen LogP contribution is -2.52. The Hall–Kier alpha value is -1.10. The van der Waals surface area contributed by atoms with Crippen LogP contribution < -0.4 is 5.32 Å². The number of carbonyl (C=O) groups is 2. The minimum absolute atomic E-state index is 0.0520. The molecule has 0 aromatic rings. The molecule has 5 heteroatoms. The molecule has 86 valence electrons. The minimum atomic E-state index is -0.816. The minimum Gasteiger partial charge on any atom is -0.481 e. The molecule has 2 atom stereocenters. The Morgan fingerprint density at radius 2 is 2.13 bits per heavy atom. The van der Waals surface area contributed by atoms with E-state index >= 15 is 0 Å². The summed E-state index contributed by atoms with van der Waals surface area (Å²) in [5.74, 6) is -1.31. The molecule has 1 fully saturated rings. The van der Waals surface area contributed by atoms with Crippen LogP contribution in [0.2, 0.25) is 0 Å². The van der Waals surface area contributed by atoms with Crippen LogP contribution in [0.15, 0.2) is 0 Å². The van der Waals surface area contributed by atoms with E-state index in [4.69, 9.17) is 5.11 Å². The fourth-order valence-corrected chi connectivity index (χ4v) is 1.97. The van der Waals surface area contributed by atoms with Crippen LogP contribution in [0.5, 0.6) is 0 Å². The van der Waals surface area contributed by atoms with Crippen LogP contribution in [0.1, 0.15) is 20.3 Å². The Morgan fingerprint density at radius 3 is 2.60 bits per heavy atom. The van der Waals surface area contributed by atoms with Gasteiger partial charge < -0.3 is 15.3 Å². The number of nitrogens with one attached hydrogen (secondary N) is 1. The molecule has 1 amide bonds. The fraction of sp³-hybridized carbons (Fsp3) is 0.800. The third kappa shape index (κ3) is 3.20. The summed E-state index contributed by atoms with van der Waals surface area (Å²) in [5.41, 5.74) is 0. The first-order chi connectivity index (χ1) is 7.04. The summed E-state index contributed by atoms with van der Waals surface area (Å²) >= 11 is 0. The Balaban J connectivity index is 2.64.